The molecule has 17 heavy (non-hydrogen) atoms. The van der Waals surface area contributed by atoms with Crippen molar-refractivity contribution in [2.75, 3.05) is 0 Å². The molecule has 0 atom stereocenters. The number of rotatable bonds is 8. The van der Waals surface area contributed by atoms with Gasteiger partial charge in [0.25, 0.3) is 0 Å². The van der Waals surface area contributed by atoms with Crippen molar-refractivity contribution < 1.29 is 50.8 Å². The zero-order chi connectivity index (χ0) is 12.8. The minimum Gasteiger partial charge on any atom is -1.00 e. The Morgan fingerprint density at radius 1 is 1.12 bits per heavy atom. The van der Waals surface area contributed by atoms with E-state index in [9.17, 15) is 9.59 Å². The predicted octanol–water partition coefficient (Wildman–Crippen LogP) is -0.115. The van der Waals surface area contributed by atoms with Crippen LogP contribution in [0.5, 0.6) is 0 Å². The molecule has 0 aliphatic heterocycles. The first-order valence-electron chi connectivity index (χ1n) is 5.86. The Bertz CT molecular complexity index is 242. The molecular formula is C12H23NaO4. The van der Waals surface area contributed by atoms with E-state index in [0.29, 0.717) is 6.42 Å². The van der Waals surface area contributed by atoms with Crippen molar-refractivity contribution in [2.24, 2.45) is 11.3 Å². The van der Waals surface area contributed by atoms with Crippen LogP contribution < -0.4 is 29.6 Å². The van der Waals surface area contributed by atoms with Gasteiger partial charge >= 0.3 is 41.5 Å². The topological polar surface area (TPSA) is 74.6 Å². The van der Waals surface area contributed by atoms with E-state index in [1.807, 2.05) is 0 Å². The Morgan fingerprint density at radius 2 is 1.59 bits per heavy atom. The average molecular weight is 254 g/mol. The van der Waals surface area contributed by atoms with Gasteiger partial charge in [-0.05, 0) is 12.3 Å². The van der Waals surface area contributed by atoms with E-state index >= 15 is 0 Å². The Kier molecular flexibility index (Phi) is 10.2. The second kappa shape index (κ2) is 8.95. The fourth-order valence-corrected chi connectivity index (χ4v) is 1.92. The van der Waals surface area contributed by atoms with E-state index in [1.165, 1.54) is 0 Å². The van der Waals surface area contributed by atoms with Crippen molar-refractivity contribution in [3.05, 3.63) is 0 Å². The molecule has 96 valence electrons. The van der Waals surface area contributed by atoms with Crippen LogP contribution in [0.2, 0.25) is 0 Å². The smallest absolute Gasteiger partial charge is 1.00 e. The monoisotopic (exact) mass is 254 g/mol. The Labute approximate surface area is 127 Å². The number of aliphatic carboxylic acids is 2. The Balaban J connectivity index is -0.00000112. The Hall–Kier alpha value is -0.0600. The van der Waals surface area contributed by atoms with Gasteiger partial charge in [-0.2, -0.15) is 0 Å². The summed E-state index contributed by atoms with van der Waals surface area (Å²) in [5, 5.41) is 18.3. The number of hydrogen-bond donors (Lipinski definition) is 2. The largest absolute Gasteiger partial charge is 1.00 e. The molecule has 0 rings (SSSR count). The van der Waals surface area contributed by atoms with Gasteiger partial charge in [-0.15, -0.1) is 0 Å². The molecule has 0 aliphatic carbocycles. The third-order valence-corrected chi connectivity index (χ3v) is 3.17. The summed E-state index contributed by atoms with van der Waals surface area (Å²) in [6.07, 6.45) is 3.84. The summed E-state index contributed by atoms with van der Waals surface area (Å²) in [4.78, 5) is 22.4. The number of unbranched alkanes of at least 4 members (excludes halogenated alkanes) is 3. The van der Waals surface area contributed by atoms with Crippen LogP contribution in [0.1, 0.15) is 54.3 Å². The van der Waals surface area contributed by atoms with Gasteiger partial charge < -0.3 is 11.6 Å². The third kappa shape index (κ3) is 4.98. The molecule has 4 nitrogen and oxygen atoms in total. The van der Waals surface area contributed by atoms with Gasteiger partial charge in [0.15, 0.2) is 5.41 Å². The van der Waals surface area contributed by atoms with E-state index < -0.39 is 23.3 Å². The summed E-state index contributed by atoms with van der Waals surface area (Å²) in [6.45, 7) is 5.37. The zero-order valence-electron chi connectivity index (χ0n) is 12.3. The van der Waals surface area contributed by atoms with Gasteiger partial charge in [-0.3, -0.25) is 9.59 Å². The van der Waals surface area contributed by atoms with E-state index in [1.54, 1.807) is 13.8 Å². The van der Waals surface area contributed by atoms with Crippen molar-refractivity contribution >= 4 is 11.9 Å². The number of carboxylic acid groups (broad SMARTS) is 2. The molecule has 5 heteroatoms. The molecule has 0 unspecified atom stereocenters. The normalized spacial score (nSPS) is 11.1. The van der Waals surface area contributed by atoms with E-state index in [0.717, 1.165) is 19.3 Å². The van der Waals surface area contributed by atoms with Crippen molar-refractivity contribution in [1.29, 1.82) is 0 Å². The molecule has 0 radical (unpaired) electrons. The van der Waals surface area contributed by atoms with Crippen LogP contribution in [0.3, 0.4) is 0 Å². The molecule has 2 N–H and O–H groups in total. The van der Waals surface area contributed by atoms with Crippen LogP contribution in [0, 0.1) is 11.3 Å². The molecule has 0 amide bonds. The van der Waals surface area contributed by atoms with Gasteiger partial charge in [0.1, 0.15) is 0 Å². The van der Waals surface area contributed by atoms with Crippen LogP contribution in [-0.4, -0.2) is 22.2 Å². The standard InChI is InChI=1S/C12H22O4.Na.H/c1-4-5-6-7-8-12(9(2)3,10(13)14)11(15)16;;/h9H,4-8H2,1-3H3,(H,13,14)(H,15,16);;/q;+1;-1. The molecule has 0 saturated carbocycles. The molecule has 0 spiro atoms. The van der Waals surface area contributed by atoms with Gasteiger partial charge in [-0.1, -0.05) is 46.5 Å². The molecule has 0 heterocycles. The third-order valence-electron chi connectivity index (χ3n) is 3.17. The van der Waals surface area contributed by atoms with Crippen molar-refractivity contribution in [3.63, 3.8) is 0 Å². The molecular weight excluding hydrogens is 231 g/mol. The van der Waals surface area contributed by atoms with Gasteiger partial charge in [0.05, 0.1) is 0 Å². The summed E-state index contributed by atoms with van der Waals surface area (Å²) < 4.78 is 0. The van der Waals surface area contributed by atoms with Crippen molar-refractivity contribution in [1.82, 2.24) is 0 Å². The predicted molar refractivity (Wildman–Crippen MR) is 62.4 cm³/mol. The van der Waals surface area contributed by atoms with E-state index in [4.69, 9.17) is 10.2 Å². The quantitative estimate of drug-likeness (QED) is 0.360. The summed E-state index contributed by atoms with van der Waals surface area (Å²) in [5.74, 6) is -2.83. The van der Waals surface area contributed by atoms with Crippen molar-refractivity contribution in [2.45, 2.75) is 52.9 Å². The summed E-state index contributed by atoms with van der Waals surface area (Å²) >= 11 is 0. The van der Waals surface area contributed by atoms with Crippen LogP contribution in [-0.2, 0) is 9.59 Å². The van der Waals surface area contributed by atoms with Gasteiger partial charge in [0.2, 0.25) is 0 Å². The Morgan fingerprint density at radius 3 is 1.88 bits per heavy atom. The summed E-state index contributed by atoms with van der Waals surface area (Å²) in [6, 6.07) is 0. The van der Waals surface area contributed by atoms with E-state index in [2.05, 4.69) is 6.92 Å². The van der Waals surface area contributed by atoms with Crippen LogP contribution >= 0.6 is 0 Å². The van der Waals surface area contributed by atoms with Gasteiger partial charge in [0, 0.05) is 0 Å². The van der Waals surface area contributed by atoms with Crippen molar-refractivity contribution in [3.8, 4) is 0 Å². The number of hydrogen-bond acceptors (Lipinski definition) is 2. The van der Waals surface area contributed by atoms with E-state index in [-0.39, 0.29) is 37.4 Å². The molecule has 0 fully saturated rings. The molecule has 0 bridgehead atoms. The fourth-order valence-electron chi connectivity index (χ4n) is 1.92. The fraction of sp³-hybridized carbons (Fsp3) is 0.833. The molecule has 0 saturated heterocycles. The molecule has 0 aromatic heterocycles. The van der Waals surface area contributed by atoms with Crippen LogP contribution in [0.15, 0.2) is 0 Å². The maximum Gasteiger partial charge on any atom is 1.00 e. The van der Waals surface area contributed by atoms with Crippen LogP contribution in [0.4, 0.5) is 0 Å². The zero-order valence-corrected chi connectivity index (χ0v) is 13.3. The molecule has 0 aromatic rings. The maximum atomic E-state index is 11.2. The SMILES string of the molecule is CCCCCCC(C(=O)O)(C(=O)O)C(C)C.[H-].[Na+]. The maximum absolute atomic E-state index is 11.2. The summed E-state index contributed by atoms with van der Waals surface area (Å²) in [5.41, 5.74) is -1.62. The number of carboxylic acids is 2. The van der Waals surface area contributed by atoms with Gasteiger partial charge in [-0.25, -0.2) is 0 Å². The first-order chi connectivity index (χ1) is 7.39. The second-order valence-corrected chi connectivity index (χ2v) is 4.55. The van der Waals surface area contributed by atoms with Crippen LogP contribution in [0.25, 0.3) is 0 Å². The minimum atomic E-state index is -1.62. The average Bonchev–Trinajstić information content (AvgIpc) is 2.16. The second-order valence-electron chi connectivity index (χ2n) is 4.55. The molecule has 0 aromatic carbocycles. The summed E-state index contributed by atoms with van der Waals surface area (Å²) in [7, 11) is 0. The minimum absolute atomic E-state index is 0. The first kappa shape index (κ1) is 19.3. The molecule has 0 aliphatic rings. The number of carbonyl (C=O) groups is 2. The first-order valence-corrected chi connectivity index (χ1v) is 5.86.